The van der Waals surface area contributed by atoms with Gasteiger partial charge in [0, 0.05) is 25.7 Å². The summed E-state index contributed by atoms with van der Waals surface area (Å²) in [6.07, 6.45) is 36.4. The van der Waals surface area contributed by atoms with Crippen LogP contribution >= 0.6 is 15.6 Å². The molecule has 0 aliphatic rings. The van der Waals surface area contributed by atoms with Gasteiger partial charge in [-0.1, -0.05) is 267 Å². The lowest BCUT2D eigenvalue weighted by Gasteiger charge is -2.21. The van der Waals surface area contributed by atoms with Gasteiger partial charge >= 0.3 is 39.5 Å². The molecule has 0 fully saturated rings. The number of hydrogen-bond acceptors (Lipinski definition) is 15. The van der Waals surface area contributed by atoms with Crippen LogP contribution in [0.5, 0.6) is 0 Å². The zero-order valence-corrected chi connectivity index (χ0v) is 57.0. The van der Waals surface area contributed by atoms with Gasteiger partial charge < -0.3 is 33.8 Å². The fourth-order valence-corrected chi connectivity index (χ4v) is 11.3. The summed E-state index contributed by atoms with van der Waals surface area (Å²) in [6, 6.07) is 0. The predicted molar refractivity (Wildman–Crippen MR) is 340 cm³/mol. The van der Waals surface area contributed by atoms with Crippen LogP contribution in [-0.2, 0) is 65.4 Å². The van der Waals surface area contributed by atoms with Crippen LogP contribution in [0.3, 0.4) is 0 Å². The lowest BCUT2D eigenvalue weighted by Crippen LogP contribution is -2.30. The normalized spacial score (nSPS) is 15.0. The van der Waals surface area contributed by atoms with Crippen molar-refractivity contribution < 1.29 is 80.2 Å². The highest BCUT2D eigenvalue weighted by Crippen LogP contribution is 2.45. The number of phosphoric ester groups is 2. The molecule has 0 aliphatic carbocycles. The molecule has 0 rings (SSSR count). The number of phosphoric acid groups is 2. The Morgan fingerprint density at radius 2 is 0.565 bits per heavy atom. The largest absolute Gasteiger partial charge is 0.472 e. The van der Waals surface area contributed by atoms with Gasteiger partial charge in [0.05, 0.1) is 26.4 Å². The van der Waals surface area contributed by atoms with Crippen LogP contribution in [-0.4, -0.2) is 96.7 Å². The van der Waals surface area contributed by atoms with E-state index in [2.05, 4.69) is 55.4 Å². The first-order chi connectivity index (χ1) is 40.7. The minimum atomic E-state index is -4.95. The molecule has 0 saturated heterocycles. The zero-order chi connectivity index (χ0) is 63.2. The second-order valence-electron chi connectivity index (χ2n) is 25.3. The number of rotatable bonds is 63. The van der Waals surface area contributed by atoms with Crippen molar-refractivity contribution >= 4 is 39.5 Å². The first kappa shape index (κ1) is 83.1. The molecule has 85 heavy (non-hydrogen) atoms. The Kier molecular flexibility index (Phi) is 54.8. The third-order valence-corrected chi connectivity index (χ3v) is 17.7. The number of esters is 4. The van der Waals surface area contributed by atoms with E-state index in [1.54, 1.807) is 0 Å². The molecular weight excluding hydrogens is 1130 g/mol. The smallest absolute Gasteiger partial charge is 0.462 e. The monoisotopic (exact) mass is 1250 g/mol. The summed E-state index contributed by atoms with van der Waals surface area (Å²) in [5.41, 5.74) is 0. The molecule has 0 aromatic rings. The van der Waals surface area contributed by atoms with Crippen LogP contribution in [0, 0.1) is 23.7 Å². The lowest BCUT2D eigenvalue weighted by atomic mass is 10.00. The number of hydrogen-bond donors (Lipinski definition) is 3. The van der Waals surface area contributed by atoms with Crippen molar-refractivity contribution in [2.24, 2.45) is 23.7 Å². The molecule has 0 aliphatic heterocycles. The molecule has 0 aromatic heterocycles. The topological polar surface area (TPSA) is 237 Å². The number of ether oxygens (including phenoxy) is 4. The maximum atomic E-state index is 13.0. The average molecular weight is 1260 g/mol. The maximum Gasteiger partial charge on any atom is 0.472 e. The highest BCUT2D eigenvalue weighted by atomic mass is 31.2. The second-order valence-corrected chi connectivity index (χ2v) is 28.2. The molecule has 17 nitrogen and oxygen atoms in total. The Morgan fingerprint density at radius 3 is 0.835 bits per heavy atom. The van der Waals surface area contributed by atoms with E-state index in [0.717, 1.165) is 120 Å². The van der Waals surface area contributed by atoms with E-state index in [9.17, 15) is 43.2 Å². The summed E-state index contributed by atoms with van der Waals surface area (Å²) < 4.78 is 68.0. The van der Waals surface area contributed by atoms with Crippen LogP contribution in [0.15, 0.2) is 0 Å². The fraction of sp³-hybridized carbons (Fsp3) is 0.939. The lowest BCUT2D eigenvalue weighted by molar-refractivity contribution is -0.161. The Balaban J connectivity index is 5.23. The summed E-state index contributed by atoms with van der Waals surface area (Å²) in [6.45, 7) is 14.0. The summed E-state index contributed by atoms with van der Waals surface area (Å²) >= 11 is 0. The van der Waals surface area contributed by atoms with Gasteiger partial charge in [-0.2, -0.15) is 0 Å². The van der Waals surface area contributed by atoms with Crippen molar-refractivity contribution in [1.29, 1.82) is 0 Å². The van der Waals surface area contributed by atoms with Crippen LogP contribution in [0.25, 0.3) is 0 Å². The highest BCUT2D eigenvalue weighted by molar-refractivity contribution is 7.47. The summed E-state index contributed by atoms with van der Waals surface area (Å²) in [5.74, 6) is 0.777. The van der Waals surface area contributed by atoms with E-state index in [0.29, 0.717) is 31.6 Å². The molecule has 0 radical (unpaired) electrons. The van der Waals surface area contributed by atoms with E-state index in [-0.39, 0.29) is 25.7 Å². The SMILES string of the molecule is CCC(C)CCCCCCCCC(=O)OC[C@H](COP(=O)(O)OC[C@H](O)COP(=O)(O)OC[C@@H](COC(=O)CCCCCCCCC(C)CC)OC(=O)CCCCCCCCC(C)C)OC(=O)CCCCCCCCCCCCCCCC(C)C. The van der Waals surface area contributed by atoms with Gasteiger partial charge in [0.25, 0.3) is 0 Å². The molecule has 0 saturated carbocycles. The van der Waals surface area contributed by atoms with Gasteiger partial charge in [-0.05, 0) is 49.4 Å². The Hall–Kier alpha value is -1.94. The van der Waals surface area contributed by atoms with Crippen molar-refractivity contribution in [3.05, 3.63) is 0 Å². The molecule has 0 heterocycles. The molecule has 0 bridgehead atoms. The van der Waals surface area contributed by atoms with Crippen molar-refractivity contribution in [2.75, 3.05) is 39.6 Å². The first-order valence-corrected chi connectivity index (χ1v) is 37.3. The van der Waals surface area contributed by atoms with Gasteiger partial charge in [0.1, 0.15) is 19.3 Å². The van der Waals surface area contributed by atoms with E-state index in [1.807, 2.05) is 0 Å². The van der Waals surface area contributed by atoms with Crippen LogP contribution in [0.2, 0.25) is 0 Å². The van der Waals surface area contributed by atoms with E-state index < -0.39 is 97.5 Å². The predicted octanol–water partition coefficient (Wildman–Crippen LogP) is 18.1. The Labute approximate surface area is 517 Å². The van der Waals surface area contributed by atoms with Crippen molar-refractivity contribution in [2.45, 2.75) is 337 Å². The number of carbonyl (C=O) groups is 4. The van der Waals surface area contributed by atoms with Gasteiger partial charge in [-0.15, -0.1) is 0 Å². The standard InChI is InChI=1S/C66H128O17P2/c1-9-58(7)44-36-28-21-24-30-38-46-63(68)76-52-61(82-65(70)48-40-32-19-17-15-13-11-12-14-16-18-26-34-42-56(3)4)54-80-84(72,73)78-50-60(67)51-79-85(74,75)81-55-62(83-66(71)49-41-33-23-20-27-35-43-57(5)6)53-77-64(69)47-39-31-25-22-29-37-45-59(8)10-2/h56-62,67H,9-55H2,1-8H3,(H,72,73)(H,74,75)/t58?,59?,60-,61+,62+/m0/s1. The molecule has 0 spiro atoms. The van der Waals surface area contributed by atoms with Crippen molar-refractivity contribution in [1.82, 2.24) is 0 Å². The summed E-state index contributed by atoms with van der Waals surface area (Å²) in [7, 11) is -9.89. The third-order valence-electron chi connectivity index (χ3n) is 15.8. The molecule has 3 N–H and O–H groups in total. The Morgan fingerprint density at radius 1 is 0.329 bits per heavy atom. The molecule has 0 amide bonds. The van der Waals surface area contributed by atoms with Crippen LogP contribution < -0.4 is 0 Å². The Bertz CT molecular complexity index is 1700. The highest BCUT2D eigenvalue weighted by Gasteiger charge is 2.30. The van der Waals surface area contributed by atoms with Gasteiger partial charge in [0.2, 0.25) is 0 Å². The number of aliphatic hydroxyl groups excluding tert-OH is 1. The molecule has 7 atom stereocenters. The van der Waals surface area contributed by atoms with Crippen molar-refractivity contribution in [3.63, 3.8) is 0 Å². The minimum absolute atomic E-state index is 0.101. The fourth-order valence-electron chi connectivity index (χ4n) is 9.72. The second kappa shape index (κ2) is 56.1. The number of carbonyl (C=O) groups excluding carboxylic acids is 4. The van der Waals surface area contributed by atoms with Gasteiger partial charge in [0.15, 0.2) is 12.2 Å². The first-order valence-electron chi connectivity index (χ1n) is 34.3. The molecule has 19 heteroatoms. The molecular formula is C66H128O17P2. The van der Waals surface area contributed by atoms with E-state index in [1.165, 1.54) is 109 Å². The maximum absolute atomic E-state index is 13.0. The van der Waals surface area contributed by atoms with Gasteiger partial charge in [-0.25, -0.2) is 9.13 Å². The molecule has 504 valence electrons. The molecule has 4 unspecified atom stereocenters. The molecule has 0 aromatic carbocycles. The minimum Gasteiger partial charge on any atom is -0.462 e. The average Bonchev–Trinajstić information content (AvgIpc) is 3.49. The number of aliphatic hydroxyl groups is 1. The third kappa shape index (κ3) is 58.2. The summed E-state index contributed by atoms with van der Waals surface area (Å²) in [5, 5.41) is 10.5. The van der Waals surface area contributed by atoms with E-state index >= 15 is 0 Å². The quantitative estimate of drug-likeness (QED) is 0.0222. The van der Waals surface area contributed by atoms with E-state index in [4.69, 9.17) is 37.0 Å². The van der Waals surface area contributed by atoms with Crippen LogP contribution in [0.1, 0.15) is 319 Å². The summed E-state index contributed by atoms with van der Waals surface area (Å²) in [4.78, 5) is 72.3. The number of unbranched alkanes of at least 4 members (excludes halogenated alkanes) is 27. The van der Waals surface area contributed by atoms with Gasteiger partial charge in [-0.3, -0.25) is 37.3 Å². The van der Waals surface area contributed by atoms with Crippen molar-refractivity contribution in [3.8, 4) is 0 Å². The zero-order valence-electron chi connectivity index (χ0n) is 55.2. The van der Waals surface area contributed by atoms with Crippen LogP contribution in [0.4, 0.5) is 0 Å².